The Hall–Kier alpha value is -2.30. The summed E-state index contributed by atoms with van der Waals surface area (Å²) in [5.41, 5.74) is 2.92. The van der Waals surface area contributed by atoms with Crippen LogP contribution in [0, 0.1) is 24.0 Å². The van der Waals surface area contributed by atoms with Crippen LogP contribution in [0.4, 0.5) is 5.69 Å². The fraction of sp³-hybridized carbons (Fsp3) is 0.231. The minimum absolute atomic E-state index is 0.112. The molecular weight excluding hydrogens is 230 g/mol. The van der Waals surface area contributed by atoms with E-state index < -0.39 is 0 Å². The van der Waals surface area contributed by atoms with Crippen LogP contribution in [0.15, 0.2) is 30.5 Å². The molecule has 2 rings (SSSR count). The number of non-ortho nitro benzene ring substituents is 1. The fourth-order valence-corrected chi connectivity index (χ4v) is 1.75. The summed E-state index contributed by atoms with van der Waals surface area (Å²) in [7, 11) is 0. The molecule has 0 amide bonds. The molecule has 0 aliphatic heterocycles. The molecule has 2 aromatic rings. The van der Waals surface area contributed by atoms with Gasteiger partial charge in [0.2, 0.25) is 0 Å². The van der Waals surface area contributed by atoms with Gasteiger partial charge in [0, 0.05) is 30.4 Å². The second-order valence-electron chi connectivity index (χ2n) is 4.16. The highest BCUT2D eigenvalue weighted by molar-refractivity contribution is 5.40. The van der Waals surface area contributed by atoms with E-state index in [1.54, 1.807) is 18.3 Å². The first-order valence-electron chi connectivity index (χ1n) is 5.58. The number of nitrogens with zero attached hydrogens (tertiary/aromatic N) is 3. The largest absolute Gasteiger partial charge is 0.269 e. The summed E-state index contributed by atoms with van der Waals surface area (Å²) in [4.78, 5) is 18.8. The van der Waals surface area contributed by atoms with Crippen molar-refractivity contribution >= 4 is 5.69 Å². The van der Waals surface area contributed by atoms with Gasteiger partial charge in [0.25, 0.3) is 5.69 Å². The average Bonchev–Trinajstić information content (AvgIpc) is 2.31. The Morgan fingerprint density at radius 2 is 2.06 bits per heavy atom. The molecule has 0 radical (unpaired) electrons. The van der Waals surface area contributed by atoms with Crippen LogP contribution in [0.25, 0.3) is 0 Å². The molecule has 0 saturated carbocycles. The molecular formula is C13H13N3O2. The molecule has 0 saturated heterocycles. The highest BCUT2D eigenvalue weighted by Crippen LogP contribution is 2.18. The third-order valence-corrected chi connectivity index (χ3v) is 2.73. The molecule has 0 aliphatic carbocycles. The maximum atomic E-state index is 10.6. The lowest BCUT2D eigenvalue weighted by Crippen LogP contribution is -2.00. The van der Waals surface area contributed by atoms with Crippen molar-refractivity contribution in [2.24, 2.45) is 0 Å². The Balaban J connectivity index is 2.27. The number of benzene rings is 1. The van der Waals surface area contributed by atoms with Gasteiger partial charge in [-0.2, -0.15) is 0 Å². The zero-order valence-electron chi connectivity index (χ0n) is 10.3. The number of rotatable bonds is 3. The third kappa shape index (κ3) is 2.68. The van der Waals surface area contributed by atoms with Gasteiger partial charge in [-0.25, -0.2) is 9.97 Å². The molecule has 0 bridgehead atoms. The van der Waals surface area contributed by atoms with Crippen molar-refractivity contribution in [2.75, 3.05) is 0 Å². The minimum Gasteiger partial charge on any atom is -0.258 e. The zero-order valence-corrected chi connectivity index (χ0v) is 10.3. The highest BCUT2D eigenvalue weighted by atomic mass is 16.6. The van der Waals surface area contributed by atoms with Gasteiger partial charge in [0.15, 0.2) is 0 Å². The summed E-state index contributed by atoms with van der Waals surface area (Å²) in [5, 5.41) is 10.6. The molecule has 1 aromatic carbocycles. The maximum Gasteiger partial charge on any atom is 0.269 e. The molecule has 18 heavy (non-hydrogen) atoms. The number of hydrogen-bond donors (Lipinski definition) is 0. The van der Waals surface area contributed by atoms with Crippen LogP contribution < -0.4 is 0 Å². The molecule has 0 fully saturated rings. The maximum absolute atomic E-state index is 10.6. The van der Waals surface area contributed by atoms with Crippen LogP contribution in [0.3, 0.4) is 0 Å². The average molecular weight is 243 g/mol. The van der Waals surface area contributed by atoms with Gasteiger partial charge in [-0.05, 0) is 31.0 Å². The second kappa shape index (κ2) is 4.91. The number of hydrogen-bond acceptors (Lipinski definition) is 4. The molecule has 0 aliphatic rings. The van der Waals surface area contributed by atoms with Gasteiger partial charge in [-0.15, -0.1) is 0 Å². The molecule has 1 aromatic heterocycles. The van der Waals surface area contributed by atoms with E-state index >= 15 is 0 Å². The summed E-state index contributed by atoms with van der Waals surface area (Å²) in [6, 6.07) is 6.69. The predicted molar refractivity (Wildman–Crippen MR) is 67.4 cm³/mol. The van der Waals surface area contributed by atoms with Crippen molar-refractivity contribution in [1.29, 1.82) is 0 Å². The van der Waals surface area contributed by atoms with Gasteiger partial charge in [0.05, 0.1) is 4.92 Å². The van der Waals surface area contributed by atoms with E-state index in [0.717, 1.165) is 22.6 Å². The quantitative estimate of drug-likeness (QED) is 0.613. The van der Waals surface area contributed by atoms with E-state index in [1.807, 2.05) is 19.9 Å². The summed E-state index contributed by atoms with van der Waals surface area (Å²) in [6.07, 6.45) is 2.31. The Morgan fingerprint density at radius 1 is 1.28 bits per heavy atom. The molecule has 0 atom stereocenters. The van der Waals surface area contributed by atoms with Gasteiger partial charge in [-0.3, -0.25) is 10.1 Å². The van der Waals surface area contributed by atoms with Gasteiger partial charge < -0.3 is 0 Å². The predicted octanol–water partition coefficient (Wildman–Crippen LogP) is 2.59. The standard InChI is InChI=1S/C13H13N3O2/c1-9-7-12(16(17)18)4-3-11(9)8-13-14-6-5-10(2)15-13/h3-7H,8H2,1-2H3. The van der Waals surface area contributed by atoms with Crippen LogP contribution in [0.1, 0.15) is 22.6 Å². The van der Waals surface area contributed by atoms with Crippen molar-refractivity contribution in [3.63, 3.8) is 0 Å². The SMILES string of the molecule is Cc1ccnc(Cc2ccc([N+](=O)[O-])cc2C)n1. The topological polar surface area (TPSA) is 68.9 Å². The normalized spacial score (nSPS) is 10.3. The summed E-state index contributed by atoms with van der Waals surface area (Å²) in [6.45, 7) is 3.77. The van der Waals surface area contributed by atoms with Crippen molar-refractivity contribution in [1.82, 2.24) is 9.97 Å². The molecule has 1 heterocycles. The Labute approximate surface area is 105 Å². The molecule has 0 N–H and O–H groups in total. The molecule has 92 valence electrons. The number of aromatic nitrogens is 2. The van der Waals surface area contributed by atoms with Crippen LogP contribution in [-0.2, 0) is 6.42 Å². The molecule has 0 unspecified atom stereocenters. The van der Waals surface area contributed by atoms with Gasteiger partial charge in [-0.1, -0.05) is 6.07 Å². The number of nitro groups is 1. The number of aryl methyl sites for hydroxylation is 2. The lowest BCUT2D eigenvalue weighted by molar-refractivity contribution is -0.384. The first kappa shape index (κ1) is 12.2. The van der Waals surface area contributed by atoms with E-state index in [-0.39, 0.29) is 10.6 Å². The lowest BCUT2D eigenvalue weighted by atomic mass is 10.0. The molecule has 5 nitrogen and oxygen atoms in total. The first-order valence-corrected chi connectivity index (χ1v) is 5.58. The van der Waals surface area contributed by atoms with Crippen molar-refractivity contribution < 1.29 is 4.92 Å². The van der Waals surface area contributed by atoms with Crippen molar-refractivity contribution in [3.8, 4) is 0 Å². The Morgan fingerprint density at radius 3 is 2.67 bits per heavy atom. The summed E-state index contributed by atoms with van der Waals surface area (Å²) in [5.74, 6) is 0.729. The van der Waals surface area contributed by atoms with Crippen LogP contribution >= 0.6 is 0 Å². The Kier molecular flexibility index (Phi) is 3.32. The van der Waals surface area contributed by atoms with Crippen molar-refractivity contribution in [2.45, 2.75) is 20.3 Å². The second-order valence-corrected chi connectivity index (χ2v) is 4.16. The van der Waals surface area contributed by atoms with Gasteiger partial charge >= 0.3 is 0 Å². The van der Waals surface area contributed by atoms with E-state index in [0.29, 0.717) is 6.42 Å². The molecule has 5 heteroatoms. The number of nitro benzene ring substituents is 1. The fourth-order valence-electron chi connectivity index (χ4n) is 1.75. The van der Waals surface area contributed by atoms with E-state index in [1.165, 1.54) is 6.07 Å². The Bertz CT molecular complexity index is 597. The first-order chi connectivity index (χ1) is 8.56. The smallest absolute Gasteiger partial charge is 0.258 e. The minimum atomic E-state index is -0.389. The van der Waals surface area contributed by atoms with E-state index in [2.05, 4.69) is 9.97 Å². The summed E-state index contributed by atoms with van der Waals surface area (Å²) >= 11 is 0. The monoisotopic (exact) mass is 243 g/mol. The van der Waals surface area contributed by atoms with E-state index in [9.17, 15) is 10.1 Å². The van der Waals surface area contributed by atoms with Crippen LogP contribution in [0.5, 0.6) is 0 Å². The molecule has 0 spiro atoms. The third-order valence-electron chi connectivity index (χ3n) is 2.73. The van der Waals surface area contributed by atoms with Gasteiger partial charge in [0.1, 0.15) is 5.82 Å². The summed E-state index contributed by atoms with van der Waals surface area (Å²) < 4.78 is 0. The van der Waals surface area contributed by atoms with Crippen LogP contribution in [-0.4, -0.2) is 14.9 Å². The van der Waals surface area contributed by atoms with E-state index in [4.69, 9.17) is 0 Å². The highest BCUT2D eigenvalue weighted by Gasteiger charge is 2.09. The van der Waals surface area contributed by atoms with Crippen LogP contribution in [0.2, 0.25) is 0 Å². The van der Waals surface area contributed by atoms with Crippen molar-refractivity contribution in [3.05, 3.63) is 63.2 Å². The zero-order chi connectivity index (χ0) is 13.1. The lowest BCUT2D eigenvalue weighted by Gasteiger charge is -2.05.